The number of hydrogen-bond acceptors (Lipinski definition) is 5. The molecule has 2 aliphatic rings. The molecule has 0 bridgehead atoms. The fraction of sp³-hybridized carbons (Fsp3) is 0.120. The molecule has 0 amide bonds. The first-order valence-electron chi connectivity index (χ1n) is 10.3. The van der Waals surface area contributed by atoms with Gasteiger partial charge in [-0.3, -0.25) is 0 Å². The molecule has 6 rings (SSSR count). The van der Waals surface area contributed by atoms with Crippen LogP contribution in [0.25, 0.3) is 5.70 Å². The van der Waals surface area contributed by atoms with Crippen LogP contribution in [-0.2, 0) is 0 Å². The highest BCUT2D eigenvalue weighted by Gasteiger charge is 2.41. The number of anilines is 1. The van der Waals surface area contributed by atoms with Crippen LogP contribution in [0.3, 0.4) is 0 Å². The summed E-state index contributed by atoms with van der Waals surface area (Å²) >= 11 is 0. The van der Waals surface area contributed by atoms with E-state index in [0.29, 0.717) is 5.95 Å². The van der Waals surface area contributed by atoms with Gasteiger partial charge < -0.3 is 14.8 Å². The van der Waals surface area contributed by atoms with Crippen molar-refractivity contribution in [3.8, 4) is 11.5 Å². The second-order valence-electron chi connectivity index (χ2n) is 7.71. The number of nitrogens with zero attached hydrogens (tertiary/aromatic N) is 3. The maximum absolute atomic E-state index is 14.2. The molecule has 32 heavy (non-hydrogen) atoms. The predicted octanol–water partition coefficient (Wildman–Crippen LogP) is 4.99. The number of rotatable bonds is 3. The molecule has 6 nitrogen and oxygen atoms in total. The molecule has 3 heterocycles. The Labute approximate surface area is 183 Å². The van der Waals surface area contributed by atoms with Crippen LogP contribution in [0.15, 0.2) is 84.7 Å². The van der Waals surface area contributed by atoms with Gasteiger partial charge >= 0.3 is 0 Å². The highest BCUT2D eigenvalue weighted by molar-refractivity contribution is 5.85. The molecule has 158 valence electrons. The van der Waals surface area contributed by atoms with Gasteiger partial charge in [-0.25, -0.2) is 9.07 Å². The maximum atomic E-state index is 14.2. The SMILES string of the molecule is COc1cccc([C@@H]2C3=C(Nc4ncnn42)c2ccccc2O[C@@H]3c2cccc(F)c2)c1. The van der Waals surface area contributed by atoms with Crippen LogP contribution >= 0.6 is 0 Å². The summed E-state index contributed by atoms with van der Waals surface area (Å²) in [5, 5.41) is 7.94. The summed E-state index contributed by atoms with van der Waals surface area (Å²) in [5.41, 5.74) is 4.45. The lowest BCUT2D eigenvalue weighted by Gasteiger charge is -2.39. The van der Waals surface area contributed by atoms with Gasteiger partial charge in [-0.1, -0.05) is 36.4 Å². The quantitative estimate of drug-likeness (QED) is 0.500. The maximum Gasteiger partial charge on any atom is 0.226 e. The molecule has 2 aliphatic heterocycles. The summed E-state index contributed by atoms with van der Waals surface area (Å²) in [5.74, 6) is 1.79. The lowest BCUT2D eigenvalue weighted by atomic mass is 9.84. The van der Waals surface area contributed by atoms with Crippen LogP contribution < -0.4 is 14.8 Å². The molecule has 0 saturated carbocycles. The molecular formula is C25H19FN4O2. The number of benzene rings is 3. The standard InChI is InChI=1S/C25H19FN4O2/c1-31-18-9-5-6-15(13-18)23-21-22(29-25-27-14-28-30(23)25)19-10-2-3-11-20(19)32-24(21)16-7-4-8-17(26)12-16/h2-14,23-24H,1H3,(H,27,28,29)/t23-,24-/m1/s1. The third-order valence-corrected chi connectivity index (χ3v) is 5.88. The van der Waals surface area contributed by atoms with Crippen LogP contribution in [0, 0.1) is 5.82 Å². The first-order chi connectivity index (χ1) is 15.7. The number of ether oxygens (including phenoxy) is 2. The van der Waals surface area contributed by atoms with Crippen LogP contribution in [0.1, 0.15) is 28.8 Å². The minimum absolute atomic E-state index is 0.310. The van der Waals surface area contributed by atoms with Gasteiger partial charge in [-0.05, 0) is 47.5 Å². The van der Waals surface area contributed by atoms with Crippen molar-refractivity contribution in [2.75, 3.05) is 12.4 Å². The molecule has 1 N–H and O–H groups in total. The minimum atomic E-state index is -0.517. The van der Waals surface area contributed by atoms with E-state index < -0.39 is 6.10 Å². The Bertz CT molecular complexity index is 1360. The molecule has 0 saturated heterocycles. The summed E-state index contributed by atoms with van der Waals surface area (Å²) in [7, 11) is 1.64. The van der Waals surface area contributed by atoms with Crippen molar-refractivity contribution in [1.82, 2.24) is 14.8 Å². The molecule has 2 atom stereocenters. The van der Waals surface area contributed by atoms with E-state index in [-0.39, 0.29) is 11.9 Å². The number of hydrogen-bond donors (Lipinski definition) is 1. The molecule has 3 aromatic carbocycles. The first-order valence-corrected chi connectivity index (χ1v) is 10.3. The summed E-state index contributed by atoms with van der Waals surface area (Å²) < 4.78 is 28.0. The van der Waals surface area contributed by atoms with E-state index in [0.717, 1.165) is 39.5 Å². The van der Waals surface area contributed by atoms with Crippen LogP contribution in [-0.4, -0.2) is 21.9 Å². The second kappa shape index (κ2) is 7.23. The zero-order chi connectivity index (χ0) is 21.7. The molecule has 0 spiro atoms. The Morgan fingerprint density at radius 3 is 2.72 bits per heavy atom. The number of fused-ring (bicyclic) bond motifs is 3. The highest BCUT2D eigenvalue weighted by atomic mass is 19.1. The lowest BCUT2D eigenvalue weighted by molar-refractivity contribution is 0.222. The first kappa shape index (κ1) is 18.6. The number of para-hydroxylation sites is 1. The Morgan fingerprint density at radius 1 is 1.00 bits per heavy atom. The largest absolute Gasteiger partial charge is 0.497 e. The summed E-state index contributed by atoms with van der Waals surface area (Å²) in [6.07, 6.45) is 1.01. The molecule has 1 aromatic heterocycles. The Hall–Kier alpha value is -4.13. The third kappa shape index (κ3) is 2.85. The van der Waals surface area contributed by atoms with E-state index in [1.165, 1.54) is 18.5 Å². The van der Waals surface area contributed by atoms with Gasteiger partial charge in [0, 0.05) is 11.1 Å². The van der Waals surface area contributed by atoms with Crippen molar-refractivity contribution >= 4 is 11.6 Å². The average molecular weight is 426 g/mol. The van der Waals surface area contributed by atoms with Crippen LogP contribution in [0.5, 0.6) is 11.5 Å². The van der Waals surface area contributed by atoms with Crippen molar-refractivity contribution < 1.29 is 13.9 Å². The number of aromatic nitrogens is 3. The zero-order valence-corrected chi connectivity index (χ0v) is 17.2. The van der Waals surface area contributed by atoms with Crippen molar-refractivity contribution in [3.05, 3.63) is 107 Å². The lowest BCUT2D eigenvalue weighted by Crippen LogP contribution is -2.32. The monoisotopic (exact) mass is 426 g/mol. The average Bonchev–Trinajstić information content (AvgIpc) is 3.30. The van der Waals surface area contributed by atoms with Gasteiger partial charge in [0.15, 0.2) is 0 Å². The van der Waals surface area contributed by atoms with E-state index in [2.05, 4.69) is 15.4 Å². The van der Waals surface area contributed by atoms with Gasteiger partial charge in [-0.15, -0.1) is 0 Å². The number of halogens is 1. The summed E-state index contributed by atoms with van der Waals surface area (Å²) in [6.45, 7) is 0. The number of nitrogens with one attached hydrogen (secondary N) is 1. The normalized spacial score (nSPS) is 18.7. The fourth-order valence-electron chi connectivity index (χ4n) is 4.49. The van der Waals surface area contributed by atoms with Crippen molar-refractivity contribution in [2.24, 2.45) is 0 Å². The third-order valence-electron chi connectivity index (χ3n) is 5.88. The van der Waals surface area contributed by atoms with E-state index >= 15 is 0 Å². The van der Waals surface area contributed by atoms with E-state index in [1.807, 2.05) is 59.3 Å². The highest BCUT2D eigenvalue weighted by Crippen LogP contribution is 2.50. The van der Waals surface area contributed by atoms with E-state index in [4.69, 9.17) is 9.47 Å². The number of methoxy groups -OCH3 is 1. The van der Waals surface area contributed by atoms with E-state index in [1.54, 1.807) is 13.2 Å². The topological polar surface area (TPSA) is 61.2 Å². The molecule has 0 radical (unpaired) electrons. The van der Waals surface area contributed by atoms with Crippen LogP contribution in [0.4, 0.5) is 10.3 Å². The smallest absolute Gasteiger partial charge is 0.226 e. The van der Waals surface area contributed by atoms with Crippen LogP contribution in [0.2, 0.25) is 0 Å². The van der Waals surface area contributed by atoms with Crippen molar-refractivity contribution in [2.45, 2.75) is 12.1 Å². The molecule has 4 aromatic rings. The van der Waals surface area contributed by atoms with Gasteiger partial charge in [-0.2, -0.15) is 10.1 Å². The van der Waals surface area contributed by atoms with Gasteiger partial charge in [0.05, 0.1) is 12.8 Å². The summed E-state index contributed by atoms with van der Waals surface area (Å²) in [4.78, 5) is 4.43. The van der Waals surface area contributed by atoms with Gasteiger partial charge in [0.25, 0.3) is 0 Å². The summed E-state index contributed by atoms with van der Waals surface area (Å²) in [6, 6.07) is 21.9. The second-order valence-corrected chi connectivity index (χ2v) is 7.71. The van der Waals surface area contributed by atoms with Crippen molar-refractivity contribution in [1.29, 1.82) is 0 Å². The molecular weight excluding hydrogens is 407 g/mol. The molecule has 0 unspecified atom stereocenters. The Balaban J connectivity index is 1.63. The molecule has 0 fully saturated rings. The fourth-order valence-corrected chi connectivity index (χ4v) is 4.49. The Morgan fingerprint density at radius 2 is 1.84 bits per heavy atom. The van der Waals surface area contributed by atoms with Gasteiger partial charge in [0.1, 0.15) is 35.8 Å². The minimum Gasteiger partial charge on any atom is -0.497 e. The predicted molar refractivity (Wildman–Crippen MR) is 118 cm³/mol. The van der Waals surface area contributed by atoms with E-state index in [9.17, 15) is 4.39 Å². The zero-order valence-electron chi connectivity index (χ0n) is 17.2. The molecule has 0 aliphatic carbocycles. The van der Waals surface area contributed by atoms with Gasteiger partial charge in [0.2, 0.25) is 5.95 Å². The van der Waals surface area contributed by atoms with Crippen molar-refractivity contribution in [3.63, 3.8) is 0 Å². The molecule has 7 heteroatoms. The Kier molecular flexibility index (Phi) is 4.21.